The van der Waals surface area contributed by atoms with E-state index in [1.54, 1.807) is 29.1 Å². The molecule has 2 amide bonds. The van der Waals surface area contributed by atoms with Gasteiger partial charge in [0.2, 0.25) is 11.8 Å². The molecule has 1 aliphatic heterocycles. The highest BCUT2D eigenvalue weighted by atomic mass is 35.5. The second-order valence-electron chi connectivity index (χ2n) is 6.28. The van der Waals surface area contributed by atoms with Crippen LogP contribution in [-0.2, 0) is 16.1 Å². The van der Waals surface area contributed by atoms with Gasteiger partial charge in [-0.2, -0.15) is 5.10 Å². The van der Waals surface area contributed by atoms with Crippen molar-refractivity contribution in [3.63, 3.8) is 0 Å². The number of halogens is 1. The Balaban J connectivity index is 1.64. The number of rotatable bonds is 5. The Labute approximate surface area is 155 Å². The van der Waals surface area contributed by atoms with Crippen molar-refractivity contribution in [2.45, 2.75) is 37.0 Å². The van der Waals surface area contributed by atoms with Gasteiger partial charge in [0.1, 0.15) is 5.82 Å². The lowest BCUT2D eigenvalue weighted by molar-refractivity contribution is -0.120. The molecule has 1 aromatic carbocycles. The number of anilines is 2. The first kappa shape index (κ1) is 17.8. The summed E-state index contributed by atoms with van der Waals surface area (Å²) >= 11 is 7.32. The second kappa shape index (κ2) is 7.49. The summed E-state index contributed by atoms with van der Waals surface area (Å²) in [6.45, 7) is 4.88. The van der Waals surface area contributed by atoms with Gasteiger partial charge in [0.05, 0.1) is 17.1 Å². The van der Waals surface area contributed by atoms with Gasteiger partial charge >= 0.3 is 0 Å². The van der Waals surface area contributed by atoms with Crippen molar-refractivity contribution >= 4 is 46.7 Å². The van der Waals surface area contributed by atoms with E-state index in [2.05, 4.69) is 29.6 Å². The van der Waals surface area contributed by atoms with Crippen LogP contribution in [0.4, 0.5) is 11.5 Å². The van der Waals surface area contributed by atoms with Gasteiger partial charge in [0, 0.05) is 29.0 Å². The van der Waals surface area contributed by atoms with Gasteiger partial charge in [-0.3, -0.25) is 9.59 Å². The Morgan fingerprint density at radius 1 is 1.44 bits per heavy atom. The molecule has 25 heavy (non-hydrogen) atoms. The van der Waals surface area contributed by atoms with E-state index < -0.39 is 5.25 Å². The number of nitrogens with zero attached hydrogens (tertiary/aromatic N) is 2. The number of thioether (sulfide) groups is 1. The van der Waals surface area contributed by atoms with Crippen molar-refractivity contribution in [3.05, 3.63) is 35.5 Å². The SMILES string of the molecule is CC(C)Cn1nccc1NC(=O)CC1Sc2ccc(Cl)cc2NC1=O. The normalized spacial score (nSPS) is 16.5. The van der Waals surface area contributed by atoms with Crippen LogP contribution >= 0.6 is 23.4 Å². The molecule has 1 aromatic heterocycles. The average Bonchev–Trinajstić information content (AvgIpc) is 2.94. The molecule has 2 heterocycles. The smallest absolute Gasteiger partial charge is 0.238 e. The van der Waals surface area contributed by atoms with Crippen molar-refractivity contribution < 1.29 is 9.59 Å². The van der Waals surface area contributed by atoms with Crippen molar-refractivity contribution in [2.24, 2.45) is 5.92 Å². The summed E-state index contributed by atoms with van der Waals surface area (Å²) in [7, 11) is 0. The van der Waals surface area contributed by atoms with E-state index in [0.29, 0.717) is 22.4 Å². The lowest BCUT2D eigenvalue weighted by Crippen LogP contribution is -2.32. The minimum atomic E-state index is -0.477. The molecule has 0 spiro atoms. The maximum absolute atomic E-state index is 12.4. The van der Waals surface area contributed by atoms with E-state index in [4.69, 9.17) is 11.6 Å². The third kappa shape index (κ3) is 4.35. The highest BCUT2D eigenvalue weighted by molar-refractivity contribution is 8.01. The molecule has 8 heteroatoms. The summed E-state index contributed by atoms with van der Waals surface area (Å²) in [4.78, 5) is 25.5. The predicted octanol–water partition coefficient (Wildman–Crippen LogP) is 3.63. The predicted molar refractivity (Wildman–Crippen MR) is 100 cm³/mol. The number of benzene rings is 1. The van der Waals surface area contributed by atoms with Crippen LogP contribution in [0.1, 0.15) is 20.3 Å². The Kier molecular flexibility index (Phi) is 5.34. The lowest BCUT2D eigenvalue weighted by Gasteiger charge is -2.23. The van der Waals surface area contributed by atoms with Gasteiger partial charge in [0.25, 0.3) is 0 Å². The number of fused-ring (bicyclic) bond motifs is 1. The molecule has 0 saturated heterocycles. The molecular formula is C17H19ClN4O2S. The molecule has 0 aliphatic carbocycles. The molecule has 3 rings (SSSR count). The number of nitrogens with one attached hydrogen (secondary N) is 2. The molecular weight excluding hydrogens is 360 g/mol. The van der Waals surface area contributed by atoms with Gasteiger partial charge in [0.15, 0.2) is 0 Å². The highest BCUT2D eigenvalue weighted by Crippen LogP contribution is 2.38. The standard InChI is InChI=1S/C17H19ClN4O2S/c1-10(2)9-22-15(5-6-19-22)21-16(23)8-14-17(24)20-12-7-11(18)3-4-13(12)25-14/h3-7,10,14H,8-9H2,1-2H3,(H,20,24)(H,21,23). The third-order valence-corrected chi connectivity index (χ3v) is 5.16. The first-order chi connectivity index (χ1) is 11.9. The molecule has 2 aromatic rings. The van der Waals surface area contributed by atoms with E-state index in [1.807, 2.05) is 6.07 Å². The Bertz CT molecular complexity index is 806. The molecule has 132 valence electrons. The summed E-state index contributed by atoms with van der Waals surface area (Å²) in [6.07, 6.45) is 1.74. The van der Waals surface area contributed by atoms with Crippen molar-refractivity contribution in [1.29, 1.82) is 0 Å². The molecule has 0 saturated carbocycles. The number of amides is 2. The lowest BCUT2D eigenvalue weighted by atomic mass is 10.2. The van der Waals surface area contributed by atoms with Crippen LogP contribution in [0, 0.1) is 5.92 Å². The highest BCUT2D eigenvalue weighted by Gasteiger charge is 2.29. The number of carbonyl (C=O) groups is 2. The van der Waals surface area contributed by atoms with Crippen LogP contribution in [0.3, 0.4) is 0 Å². The zero-order chi connectivity index (χ0) is 18.0. The van der Waals surface area contributed by atoms with Crippen molar-refractivity contribution in [3.8, 4) is 0 Å². The Morgan fingerprint density at radius 3 is 3.00 bits per heavy atom. The molecule has 0 radical (unpaired) electrons. The maximum Gasteiger partial charge on any atom is 0.238 e. The topological polar surface area (TPSA) is 76.0 Å². The first-order valence-corrected chi connectivity index (χ1v) is 9.27. The van der Waals surface area contributed by atoms with Gasteiger partial charge in [-0.1, -0.05) is 25.4 Å². The Hall–Kier alpha value is -1.99. The average molecular weight is 379 g/mol. The quantitative estimate of drug-likeness (QED) is 0.832. The molecule has 0 fully saturated rings. The third-order valence-electron chi connectivity index (χ3n) is 3.65. The van der Waals surface area contributed by atoms with Crippen LogP contribution < -0.4 is 10.6 Å². The van der Waals surface area contributed by atoms with Gasteiger partial charge < -0.3 is 10.6 Å². The van der Waals surface area contributed by atoms with Gasteiger partial charge in [-0.05, 0) is 24.1 Å². The number of hydrogen-bond donors (Lipinski definition) is 2. The molecule has 6 nitrogen and oxygen atoms in total. The van der Waals surface area contributed by atoms with E-state index in [-0.39, 0.29) is 18.2 Å². The summed E-state index contributed by atoms with van der Waals surface area (Å²) in [5, 5.41) is 9.96. The van der Waals surface area contributed by atoms with E-state index >= 15 is 0 Å². The van der Waals surface area contributed by atoms with E-state index in [0.717, 1.165) is 11.4 Å². The fourth-order valence-corrected chi connectivity index (χ4v) is 3.81. The minimum Gasteiger partial charge on any atom is -0.324 e. The van der Waals surface area contributed by atoms with Crippen LogP contribution in [0.25, 0.3) is 0 Å². The summed E-state index contributed by atoms with van der Waals surface area (Å²) < 4.78 is 1.76. The van der Waals surface area contributed by atoms with Gasteiger partial charge in [-0.15, -0.1) is 11.8 Å². The van der Waals surface area contributed by atoms with Crippen molar-refractivity contribution in [1.82, 2.24) is 9.78 Å². The van der Waals surface area contributed by atoms with E-state index in [1.165, 1.54) is 11.8 Å². The number of carbonyl (C=O) groups excluding carboxylic acids is 2. The van der Waals surface area contributed by atoms with Gasteiger partial charge in [-0.25, -0.2) is 4.68 Å². The second-order valence-corrected chi connectivity index (χ2v) is 7.96. The zero-order valence-electron chi connectivity index (χ0n) is 14.0. The molecule has 2 N–H and O–H groups in total. The summed E-state index contributed by atoms with van der Waals surface area (Å²) in [5.41, 5.74) is 0.689. The monoisotopic (exact) mass is 378 g/mol. The Morgan fingerprint density at radius 2 is 2.24 bits per heavy atom. The van der Waals surface area contributed by atoms with Crippen LogP contribution in [-0.4, -0.2) is 26.8 Å². The summed E-state index contributed by atoms with van der Waals surface area (Å²) in [6, 6.07) is 7.09. The fourth-order valence-electron chi connectivity index (χ4n) is 2.55. The van der Waals surface area contributed by atoms with Crippen LogP contribution in [0.2, 0.25) is 5.02 Å². The van der Waals surface area contributed by atoms with E-state index in [9.17, 15) is 9.59 Å². The molecule has 1 aliphatic rings. The molecule has 1 atom stereocenters. The van der Waals surface area contributed by atoms with Crippen LogP contribution in [0.5, 0.6) is 0 Å². The number of aromatic nitrogens is 2. The summed E-state index contributed by atoms with van der Waals surface area (Å²) in [5.74, 6) is 0.659. The fraction of sp³-hybridized carbons (Fsp3) is 0.353. The maximum atomic E-state index is 12.4. The molecule has 1 unspecified atom stereocenters. The van der Waals surface area contributed by atoms with Crippen molar-refractivity contribution in [2.75, 3.05) is 10.6 Å². The molecule has 0 bridgehead atoms. The largest absolute Gasteiger partial charge is 0.324 e. The minimum absolute atomic E-state index is 0.0887. The zero-order valence-corrected chi connectivity index (χ0v) is 15.5. The number of hydrogen-bond acceptors (Lipinski definition) is 4. The van der Waals surface area contributed by atoms with Crippen LogP contribution in [0.15, 0.2) is 35.4 Å². The first-order valence-electron chi connectivity index (χ1n) is 8.01.